The largest absolute Gasteiger partial charge is 0.484 e. The van der Waals surface area contributed by atoms with E-state index in [0.717, 1.165) is 12.1 Å². The van der Waals surface area contributed by atoms with Gasteiger partial charge < -0.3 is 14.4 Å². The Bertz CT molecular complexity index is 1020. The van der Waals surface area contributed by atoms with E-state index in [2.05, 4.69) is 0 Å². The number of benzene rings is 2. The number of hydrogen-bond acceptors (Lipinski definition) is 2. The molecule has 9 heteroatoms. The van der Waals surface area contributed by atoms with Crippen molar-refractivity contribution in [2.45, 2.75) is 25.6 Å². The van der Waals surface area contributed by atoms with Crippen molar-refractivity contribution in [3.05, 3.63) is 82.1 Å². The average molecular weight is 446 g/mol. The van der Waals surface area contributed by atoms with Crippen LogP contribution in [0.5, 0.6) is 5.75 Å². The van der Waals surface area contributed by atoms with Gasteiger partial charge in [0.25, 0.3) is 0 Å². The summed E-state index contributed by atoms with van der Waals surface area (Å²) in [5, 5.41) is 9.23. The van der Waals surface area contributed by atoms with Crippen molar-refractivity contribution < 1.29 is 31.8 Å². The van der Waals surface area contributed by atoms with Gasteiger partial charge in [0.2, 0.25) is 5.82 Å². The van der Waals surface area contributed by atoms with Gasteiger partial charge >= 0.3 is 6.18 Å². The Morgan fingerprint density at radius 3 is 2.30 bits per heavy atom. The van der Waals surface area contributed by atoms with Crippen molar-refractivity contribution >= 4 is 11.6 Å². The van der Waals surface area contributed by atoms with E-state index in [0.29, 0.717) is 10.7 Å². The zero-order valence-electron chi connectivity index (χ0n) is 15.5. The second-order valence-corrected chi connectivity index (χ2v) is 6.92. The molecule has 3 aromatic rings. The van der Waals surface area contributed by atoms with Crippen molar-refractivity contribution in [1.29, 1.82) is 0 Å². The fourth-order valence-electron chi connectivity index (χ4n) is 3.01. The van der Waals surface area contributed by atoms with Crippen LogP contribution in [0.25, 0.3) is 5.69 Å². The van der Waals surface area contributed by atoms with E-state index in [1.54, 1.807) is 0 Å². The molecule has 3 nitrogen and oxygen atoms in total. The molecule has 30 heavy (non-hydrogen) atoms. The Hall–Kier alpha value is -2.58. The monoisotopic (exact) mass is 445 g/mol. The molecule has 0 aliphatic heterocycles. The van der Waals surface area contributed by atoms with Crippen molar-refractivity contribution in [2.24, 2.45) is 0 Å². The molecule has 0 saturated heterocycles. The van der Waals surface area contributed by atoms with Gasteiger partial charge in [-0.2, -0.15) is 17.6 Å². The van der Waals surface area contributed by atoms with Crippen LogP contribution in [0.3, 0.4) is 0 Å². The van der Waals surface area contributed by atoms with Gasteiger partial charge in [-0.25, -0.2) is 4.39 Å². The van der Waals surface area contributed by atoms with Crippen molar-refractivity contribution in [3.63, 3.8) is 0 Å². The lowest BCUT2D eigenvalue weighted by Crippen LogP contribution is -2.13. The maximum absolute atomic E-state index is 14.3. The first-order valence-electron chi connectivity index (χ1n) is 8.96. The Morgan fingerprint density at radius 2 is 1.67 bits per heavy atom. The lowest BCUT2D eigenvalue weighted by molar-refractivity contribution is -0.138. The summed E-state index contributed by atoms with van der Waals surface area (Å²) < 4.78 is 75.3. The number of hydrogen-bond donors (Lipinski definition) is 1. The molecule has 1 aromatic heterocycles. The Balaban J connectivity index is 1.92. The van der Waals surface area contributed by atoms with Crippen LogP contribution in [0, 0.1) is 11.6 Å². The molecule has 1 N–H and O–H groups in total. The molecule has 1 heterocycles. The first-order valence-corrected chi connectivity index (χ1v) is 9.34. The van der Waals surface area contributed by atoms with Crippen LogP contribution in [0.15, 0.2) is 48.7 Å². The fraction of sp³-hybridized carbons (Fsp3) is 0.238. The predicted octanol–water partition coefficient (Wildman–Crippen LogP) is 5.93. The van der Waals surface area contributed by atoms with E-state index in [1.165, 1.54) is 41.1 Å². The van der Waals surface area contributed by atoms with E-state index in [9.17, 15) is 22.0 Å². The third-order valence-electron chi connectivity index (χ3n) is 4.50. The van der Waals surface area contributed by atoms with Gasteiger partial charge in [-0.1, -0.05) is 17.7 Å². The van der Waals surface area contributed by atoms with Crippen molar-refractivity contribution in [1.82, 2.24) is 4.57 Å². The molecule has 3 rings (SSSR count). The summed E-state index contributed by atoms with van der Waals surface area (Å²) in [6, 6.07) is 9.44. The minimum atomic E-state index is -4.66. The number of nitrogens with zero attached hydrogens (tertiary/aromatic N) is 1. The summed E-state index contributed by atoms with van der Waals surface area (Å²) in [5.41, 5.74) is -0.763. The van der Waals surface area contributed by atoms with Crippen LogP contribution in [0.4, 0.5) is 22.0 Å². The molecular formula is C21H17ClF5NO2. The second kappa shape index (κ2) is 9.06. The molecule has 0 atom stereocenters. The number of rotatable bonds is 7. The highest BCUT2D eigenvalue weighted by atomic mass is 35.5. The third kappa shape index (κ3) is 4.76. The van der Waals surface area contributed by atoms with E-state index in [4.69, 9.17) is 21.4 Å². The van der Waals surface area contributed by atoms with Crippen molar-refractivity contribution in [2.75, 3.05) is 6.61 Å². The Labute approximate surface area is 174 Å². The van der Waals surface area contributed by atoms with Crippen LogP contribution >= 0.6 is 11.6 Å². The average Bonchev–Trinajstić information content (AvgIpc) is 3.13. The van der Waals surface area contributed by atoms with Gasteiger partial charge in [-0.15, -0.1) is 0 Å². The summed E-state index contributed by atoms with van der Waals surface area (Å²) in [6.07, 6.45) is -3.06. The highest BCUT2D eigenvalue weighted by molar-refractivity contribution is 6.30. The normalized spacial score (nSPS) is 11.7. The van der Waals surface area contributed by atoms with E-state index >= 15 is 0 Å². The highest BCUT2D eigenvalue weighted by Gasteiger charge is 2.35. The number of aliphatic hydroxyl groups is 1. The Morgan fingerprint density at radius 1 is 0.967 bits per heavy atom. The molecule has 0 aliphatic rings. The summed E-state index contributed by atoms with van der Waals surface area (Å²) in [5.74, 6) is -2.94. The topological polar surface area (TPSA) is 34.4 Å². The van der Waals surface area contributed by atoms with Gasteiger partial charge in [-0.05, 0) is 54.8 Å². The summed E-state index contributed by atoms with van der Waals surface area (Å²) >= 11 is 5.83. The van der Waals surface area contributed by atoms with Crippen LogP contribution in [-0.4, -0.2) is 16.3 Å². The van der Waals surface area contributed by atoms with Crippen LogP contribution in [-0.2, 0) is 19.2 Å². The van der Waals surface area contributed by atoms with Crippen LogP contribution in [0.2, 0.25) is 5.02 Å². The third-order valence-corrected chi connectivity index (χ3v) is 4.75. The minimum Gasteiger partial charge on any atom is -0.484 e. The first kappa shape index (κ1) is 22.1. The molecule has 0 aliphatic carbocycles. The van der Waals surface area contributed by atoms with E-state index in [-0.39, 0.29) is 30.7 Å². The minimum absolute atomic E-state index is 0.0504. The molecule has 0 amide bonds. The molecule has 0 saturated carbocycles. The molecule has 0 unspecified atom stereocenters. The molecule has 2 aromatic carbocycles. The summed E-state index contributed by atoms with van der Waals surface area (Å²) in [7, 11) is 0. The number of aromatic nitrogens is 1. The lowest BCUT2D eigenvalue weighted by Gasteiger charge is -2.15. The van der Waals surface area contributed by atoms with Gasteiger partial charge in [0.1, 0.15) is 6.61 Å². The van der Waals surface area contributed by atoms with Crippen LogP contribution in [0.1, 0.15) is 23.2 Å². The molecule has 0 fully saturated rings. The van der Waals surface area contributed by atoms with E-state index in [1.807, 2.05) is 0 Å². The SMILES string of the molecule is OCCCc1ccc(OCc2c(C(F)(F)F)ccn2-c2ccc(Cl)cc2)c(F)c1F. The quantitative estimate of drug-likeness (QED) is 0.457. The summed E-state index contributed by atoms with van der Waals surface area (Å²) in [4.78, 5) is 0. The molecular weight excluding hydrogens is 429 g/mol. The van der Waals surface area contributed by atoms with Crippen LogP contribution < -0.4 is 4.74 Å². The van der Waals surface area contributed by atoms with Gasteiger partial charge in [0, 0.05) is 23.5 Å². The Kier molecular flexibility index (Phi) is 6.67. The number of aliphatic hydroxyl groups excluding tert-OH is 1. The maximum Gasteiger partial charge on any atom is 0.418 e. The summed E-state index contributed by atoms with van der Waals surface area (Å²) in [6.45, 7) is -0.821. The van der Waals surface area contributed by atoms with Gasteiger partial charge in [-0.3, -0.25) is 0 Å². The number of alkyl halides is 3. The number of ether oxygens (including phenoxy) is 1. The smallest absolute Gasteiger partial charge is 0.418 e. The lowest BCUT2D eigenvalue weighted by atomic mass is 10.1. The molecule has 160 valence electrons. The van der Waals surface area contributed by atoms with Crippen molar-refractivity contribution in [3.8, 4) is 11.4 Å². The first-order chi connectivity index (χ1) is 14.2. The zero-order chi connectivity index (χ0) is 21.9. The molecule has 0 radical (unpaired) electrons. The van der Waals surface area contributed by atoms with Gasteiger partial charge in [0.05, 0.1) is 11.3 Å². The maximum atomic E-state index is 14.3. The standard InChI is InChI=1S/C21H17ClF5NO2/c22-14-4-6-15(7-5-14)28-10-9-16(21(25,26)27)17(28)12-30-18-8-3-13(2-1-11-29)19(23)20(18)24/h3-10,29H,1-2,11-12H2. The second-order valence-electron chi connectivity index (χ2n) is 6.49. The number of halogens is 6. The van der Waals surface area contributed by atoms with Gasteiger partial charge in [0.15, 0.2) is 11.6 Å². The zero-order valence-corrected chi connectivity index (χ0v) is 16.3. The molecule has 0 bridgehead atoms. The predicted molar refractivity (Wildman–Crippen MR) is 102 cm³/mol. The fourth-order valence-corrected chi connectivity index (χ4v) is 3.13. The highest BCUT2D eigenvalue weighted by Crippen LogP contribution is 2.35. The number of aryl methyl sites for hydroxylation is 1. The van der Waals surface area contributed by atoms with E-state index < -0.39 is 35.7 Å². The molecule has 0 spiro atoms.